The second-order valence-corrected chi connectivity index (χ2v) is 11.3. The molecule has 0 amide bonds. The number of esters is 1. The fraction of sp³-hybridized carbons (Fsp3) is 0.520. The van der Waals surface area contributed by atoms with Gasteiger partial charge in [0.1, 0.15) is 11.6 Å². The number of carbonyl (C=O) groups excluding carboxylic acids is 1. The maximum atomic E-state index is 12.2. The van der Waals surface area contributed by atoms with E-state index in [2.05, 4.69) is 26.9 Å². The van der Waals surface area contributed by atoms with E-state index in [1.54, 1.807) is 32.9 Å². The lowest BCUT2D eigenvalue weighted by Crippen LogP contribution is -2.46. The van der Waals surface area contributed by atoms with Gasteiger partial charge in [0.15, 0.2) is 15.4 Å². The number of benzene rings is 1. The normalized spacial score (nSPS) is 15.3. The zero-order valence-corrected chi connectivity index (χ0v) is 21.7. The van der Waals surface area contributed by atoms with E-state index in [1.165, 1.54) is 18.0 Å². The average molecular weight is 490 g/mol. The summed E-state index contributed by atoms with van der Waals surface area (Å²) in [5.41, 5.74) is 2.11. The van der Waals surface area contributed by atoms with Crippen LogP contribution < -0.4 is 9.64 Å². The average Bonchev–Trinajstić information content (AvgIpc) is 2.76. The van der Waals surface area contributed by atoms with Gasteiger partial charge in [-0.15, -0.1) is 0 Å². The molecule has 0 aliphatic carbocycles. The molecule has 1 aromatic carbocycles. The van der Waals surface area contributed by atoms with E-state index >= 15 is 0 Å². The molecule has 9 heteroatoms. The quantitative estimate of drug-likeness (QED) is 0.523. The van der Waals surface area contributed by atoms with Gasteiger partial charge in [0.25, 0.3) is 0 Å². The minimum absolute atomic E-state index is 0.235. The van der Waals surface area contributed by atoms with Crippen LogP contribution in [-0.4, -0.2) is 68.9 Å². The predicted molar refractivity (Wildman–Crippen MR) is 132 cm³/mol. The van der Waals surface area contributed by atoms with Crippen LogP contribution in [0.2, 0.25) is 0 Å². The molecule has 0 atom stereocenters. The number of aryl methyl sites for hydroxylation is 2. The third-order valence-electron chi connectivity index (χ3n) is 5.90. The molecule has 186 valence electrons. The zero-order chi connectivity index (χ0) is 25.1. The van der Waals surface area contributed by atoms with Crippen molar-refractivity contribution in [3.63, 3.8) is 0 Å². The van der Waals surface area contributed by atoms with Crippen molar-refractivity contribution in [1.82, 2.24) is 9.88 Å². The van der Waals surface area contributed by atoms with Crippen LogP contribution in [0.25, 0.3) is 0 Å². The molecule has 0 unspecified atom stereocenters. The van der Waals surface area contributed by atoms with Crippen molar-refractivity contribution in [2.24, 2.45) is 0 Å². The van der Waals surface area contributed by atoms with E-state index in [0.29, 0.717) is 6.61 Å². The molecular weight excluding hydrogens is 454 g/mol. The number of hydrogen-bond acceptors (Lipinski definition) is 8. The van der Waals surface area contributed by atoms with Crippen LogP contribution in [0.5, 0.6) is 5.75 Å². The van der Waals surface area contributed by atoms with Gasteiger partial charge in [-0.25, -0.2) is 18.2 Å². The molecule has 0 bridgehead atoms. The Hall–Kier alpha value is -2.65. The SMILES string of the molecule is CCOC(=O)C(C)(C)Oc1c(C)cc(CN2CCN(c3ccc(S(C)(=O)=O)cn3)CC2)cc1C. The molecule has 2 heterocycles. The van der Waals surface area contributed by atoms with Gasteiger partial charge >= 0.3 is 5.97 Å². The summed E-state index contributed by atoms with van der Waals surface area (Å²) in [4.78, 5) is 21.4. The Morgan fingerprint density at radius 3 is 2.21 bits per heavy atom. The largest absolute Gasteiger partial charge is 0.476 e. The molecule has 1 aromatic heterocycles. The number of anilines is 1. The van der Waals surface area contributed by atoms with Crippen LogP contribution in [0.15, 0.2) is 35.4 Å². The summed E-state index contributed by atoms with van der Waals surface area (Å²) in [6.07, 6.45) is 2.61. The maximum absolute atomic E-state index is 12.2. The fourth-order valence-electron chi connectivity index (χ4n) is 4.07. The fourth-order valence-corrected chi connectivity index (χ4v) is 4.63. The lowest BCUT2D eigenvalue weighted by Gasteiger charge is -2.35. The highest BCUT2D eigenvalue weighted by atomic mass is 32.2. The molecule has 0 radical (unpaired) electrons. The summed E-state index contributed by atoms with van der Waals surface area (Å²) in [5.74, 6) is 1.14. The molecule has 34 heavy (non-hydrogen) atoms. The van der Waals surface area contributed by atoms with Crippen LogP contribution >= 0.6 is 0 Å². The molecule has 3 rings (SSSR count). The monoisotopic (exact) mass is 489 g/mol. The van der Waals surface area contributed by atoms with Crippen LogP contribution in [0.3, 0.4) is 0 Å². The third-order valence-corrected chi connectivity index (χ3v) is 6.99. The highest BCUT2D eigenvalue weighted by Crippen LogP contribution is 2.30. The minimum atomic E-state index is -3.24. The molecular formula is C25H35N3O5S. The van der Waals surface area contributed by atoms with Gasteiger partial charge in [-0.1, -0.05) is 12.1 Å². The van der Waals surface area contributed by atoms with Crippen LogP contribution in [0, 0.1) is 13.8 Å². The molecule has 8 nitrogen and oxygen atoms in total. The number of nitrogens with zero attached hydrogens (tertiary/aromatic N) is 3. The second-order valence-electron chi connectivity index (χ2n) is 9.28. The van der Waals surface area contributed by atoms with Crippen molar-refractivity contribution >= 4 is 21.6 Å². The minimum Gasteiger partial charge on any atom is -0.476 e. The Morgan fingerprint density at radius 2 is 1.71 bits per heavy atom. The zero-order valence-electron chi connectivity index (χ0n) is 20.9. The number of pyridine rings is 1. The molecule has 0 N–H and O–H groups in total. The number of hydrogen-bond donors (Lipinski definition) is 0. The topological polar surface area (TPSA) is 89.0 Å². The lowest BCUT2D eigenvalue weighted by molar-refractivity contribution is -0.158. The van der Waals surface area contributed by atoms with Crippen molar-refractivity contribution < 1.29 is 22.7 Å². The summed E-state index contributed by atoms with van der Waals surface area (Å²) >= 11 is 0. The van der Waals surface area contributed by atoms with Crippen molar-refractivity contribution in [2.45, 2.75) is 51.7 Å². The van der Waals surface area contributed by atoms with E-state index in [9.17, 15) is 13.2 Å². The summed E-state index contributed by atoms with van der Waals surface area (Å²) in [7, 11) is -3.24. The highest BCUT2D eigenvalue weighted by Gasteiger charge is 2.32. The van der Waals surface area contributed by atoms with Gasteiger partial charge < -0.3 is 14.4 Å². The van der Waals surface area contributed by atoms with Gasteiger partial charge in [0.2, 0.25) is 0 Å². The molecule has 0 saturated carbocycles. The standard InChI is InChI=1S/C25H35N3O5S/c1-7-32-24(29)25(4,5)33-23-18(2)14-20(15-19(23)3)17-27-10-12-28(13-11-27)22-9-8-21(16-26-22)34(6,30)31/h8-9,14-16H,7,10-13,17H2,1-6H3. The van der Waals surface area contributed by atoms with Gasteiger partial charge in [0.05, 0.1) is 11.5 Å². The van der Waals surface area contributed by atoms with Gasteiger partial charge in [-0.3, -0.25) is 4.90 Å². The number of piperazine rings is 1. The number of rotatable bonds is 8. The Labute approximate surface area is 202 Å². The third kappa shape index (κ3) is 6.27. The van der Waals surface area contributed by atoms with Crippen LogP contribution in [0.1, 0.15) is 37.5 Å². The van der Waals surface area contributed by atoms with E-state index in [0.717, 1.165) is 55.4 Å². The van der Waals surface area contributed by atoms with E-state index in [4.69, 9.17) is 9.47 Å². The van der Waals surface area contributed by atoms with Gasteiger partial charge in [-0.05, 0) is 63.4 Å². The first kappa shape index (κ1) is 26.0. The number of sulfone groups is 1. The van der Waals surface area contributed by atoms with E-state index < -0.39 is 15.4 Å². The van der Waals surface area contributed by atoms with Crippen molar-refractivity contribution in [3.8, 4) is 5.75 Å². The van der Waals surface area contributed by atoms with Crippen molar-refractivity contribution in [1.29, 1.82) is 0 Å². The molecule has 1 aliphatic heterocycles. The first-order valence-corrected chi connectivity index (χ1v) is 13.4. The summed E-state index contributed by atoms with van der Waals surface area (Å²) in [6, 6.07) is 7.61. The van der Waals surface area contributed by atoms with Crippen LogP contribution in [0.4, 0.5) is 5.82 Å². The molecule has 1 saturated heterocycles. The first-order valence-electron chi connectivity index (χ1n) is 11.5. The Kier molecular flexibility index (Phi) is 7.88. The number of carbonyl (C=O) groups is 1. The molecule has 1 aliphatic rings. The highest BCUT2D eigenvalue weighted by molar-refractivity contribution is 7.90. The van der Waals surface area contributed by atoms with Crippen molar-refractivity contribution in [2.75, 3.05) is 43.9 Å². The summed E-state index contributed by atoms with van der Waals surface area (Å²) < 4.78 is 34.5. The Bertz CT molecular complexity index is 1100. The smallest absolute Gasteiger partial charge is 0.349 e. The summed E-state index contributed by atoms with van der Waals surface area (Å²) in [5, 5.41) is 0. The van der Waals surface area contributed by atoms with Gasteiger partial charge in [0, 0.05) is 45.2 Å². The Balaban J connectivity index is 1.61. The van der Waals surface area contributed by atoms with Crippen LogP contribution in [-0.2, 0) is 25.9 Å². The van der Waals surface area contributed by atoms with E-state index in [1.807, 2.05) is 13.8 Å². The summed E-state index contributed by atoms with van der Waals surface area (Å²) in [6.45, 7) is 13.7. The lowest BCUT2D eigenvalue weighted by atomic mass is 10.0. The first-order chi connectivity index (χ1) is 15.9. The van der Waals surface area contributed by atoms with E-state index in [-0.39, 0.29) is 10.9 Å². The molecule has 1 fully saturated rings. The molecule has 0 spiro atoms. The predicted octanol–water partition coefficient (Wildman–Crippen LogP) is 3.14. The number of aromatic nitrogens is 1. The number of ether oxygens (including phenoxy) is 2. The van der Waals surface area contributed by atoms with Gasteiger partial charge in [-0.2, -0.15) is 0 Å². The molecule has 2 aromatic rings. The maximum Gasteiger partial charge on any atom is 0.349 e. The Morgan fingerprint density at radius 1 is 1.09 bits per heavy atom. The van der Waals surface area contributed by atoms with Crippen molar-refractivity contribution in [3.05, 3.63) is 47.2 Å². The second kappa shape index (κ2) is 10.3.